The smallest absolute Gasteiger partial charge is 0.387 e. The number of anilines is 4. The molecule has 2 heterocycles. The van der Waals surface area contributed by atoms with E-state index in [2.05, 4.69) is 19.4 Å². The van der Waals surface area contributed by atoms with E-state index in [0.29, 0.717) is 29.4 Å². The molecule has 0 unspecified atom stereocenters. The fraction of sp³-hybridized carbons (Fsp3) is 0.255. The van der Waals surface area contributed by atoms with Crippen LogP contribution in [0.2, 0.25) is 0 Å². The average Bonchev–Trinajstić information content (AvgIpc) is 3.33. The molecule has 2 atom stereocenters. The van der Waals surface area contributed by atoms with Crippen molar-refractivity contribution in [1.82, 2.24) is 9.97 Å². The SMILES string of the molecule is COc1ccc(N(Cc2cccnc2)c2ccc(OC[C@H](O)COC(=O)c3cc(N(Cc4cccnc4)c4ccc(OC(F)F)c(OC(F)F)c4)ccc3OC[C@H](O)CO)cc2)cc1OC. The van der Waals surface area contributed by atoms with E-state index in [4.69, 9.17) is 23.7 Å². The standard InChI is InChI=1S/C47H46F4N4O11/c1-60-41-15-10-34(20-43(41)61-2)54(24-30-5-3-17-52-22-30)32-7-12-38(13-8-32)62-28-37(58)29-64-45(59)39-19-33(9-14-40(39)63-27-36(57)26-56)55(25-31-6-4-18-53-23-31)35-11-16-42(65-46(48)49)44(21-35)66-47(50)51/h3-23,36-37,46-47,56-58H,24-29H2,1-2H3/t36-,37+/m1/s1. The lowest BCUT2D eigenvalue weighted by Crippen LogP contribution is -2.26. The number of aromatic nitrogens is 2. The van der Waals surface area contributed by atoms with Gasteiger partial charge in [0.25, 0.3) is 0 Å². The van der Waals surface area contributed by atoms with E-state index in [9.17, 15) is 37.7 Å². The van der Waals surface area contributed by atoms with Gasteiger partial charge in [-0.1, -0.05) is 12.1 Å². The van der Waals surface area contributed by atoms with E-state index in [1.54, 1.807) is 55.8 Å². The lowest BCUT2D eigenvalue weighted by molar-refractivity contribution is -0.0692. The zero-order valence-corrected chi connectivity index (χ0v) is 35.6. The lowest BCUT2D eigenvalue weighted by atomic mass is 10.1. The van der Waals surface area contributed by atoms with Gasteiger partial charge in [-0.25, -0.2) is 4.79 Å². The first kappa shape index (κ1) is 48.1. The van der Waals surface area contributed by atoms with Gasteiger partial charge in [-0.2, -0.15) is 17.6 Å². The van der Waals surface area contributed by atoms with Crippen molar-refractivity contribution >= 4 is 28.7 Å². The number of carbonyl (C=O) groups excluding carboxylic acids is 1. The highest BCUT2D eigenvalue weighted by Gasteiger charge is 2.24. The summed E-state index contributed by atoms with van der Waals surface area (Å²) in [7, 11) is 3.12. The third-order valence-electron chi connectivity index (χ3n) is 9.61. The first-order valence-electron chi connectivity index (χ1n) is 20.2. The molecule has 66 heavy (non-hydrogen) atoms. The second-order valence-electron chi connectivity index (χ2n) is 14.2. The van der Waals surface area contributed by atoms with E-state index in [1.165, 1.54) is 36.7 Å². The van der Waals surface area contributed by atoms with Crippen molar-refractivity contribution in [1.29, 1.82) is 0 Å². The number of rotatable bonds is 24. The quantitative estimate of drug-likeness (QED) is 0.0398. The maximum Gasteiger partial charge on any atom is 0.387 e. The summed E-state index contributed by atoms with van der Waals surface area (Å²) in [5, 5.41) is 30.3. The molecule has 15 nitrogen and oxygen atoms in total. The number of benzene rings is 4. The minimum absolute atomic E-state index is 0.0186. The molecule has 2 aromatic heterocycles. The first-order chi connectivity index (χ1) is 31.9. The number of hydrogen-bond acceptors (Lipinski definition) is 15. The van der Waals surface area contributed by atoms with Crippen LogP contribution in [0.4, 0.5) is 40.3 Å². The van der Waals surface area contributed by atoms with E-state index < -0.39 is 62.7 Å². The van der Waals surface area contributed by atoms with E-state index >= 15 is 0 Å². The molecule has 0 radical (unpaired) electrons. The Labute approximate surface area is 376 Å². The minimum atomic E-state index is -3.38. The molecule has 0 aliphatic rings. The fourth-order valence-corrected chi connectivity index (χ4v) is 6.47. The van der Waals surface area contributed by atoms with Gasteiger partial charge in [0.05, 0.1) is 20.8 Å². The summed E-state index contributed by atoms with van der Waals surface area (Å²) >= 11 is 0. The molecule has 0 saturated carbocycles. The zero-order valence-electron chi connectivity index (χ0n) is 35.6. The molecule has 6 aromatic rings. The highest BCUT2D eigenvalue weighted by atomic mass is 19.3. The molecule has 4 aromatic carbocycles. The van der Waals surface area contributed by atoms with Crippen molar-refractivity contribution in [3.8, 4) is 34.5 Å². The van der Waals surface area contributed by atoms with Crippen LogP contribution in [0.5, 0.6) is 34.5 Å². The predicted molar refractivity (Wildman–Crippen MR) is 233 cm³/mol. The van der Waals surface area contributed by atoms with Crippen LogP contribution in [0.25, 0.3) is 0 Å². The number of hydrogen-bond donors (Lipinski definition) is 3. The van der Waals surface area contributed by atoms with Crippen LogP contribution in [0.15, 0.2) is 128 Å². The van der Waals surface area contributed by atoms with Crippen LogP contribution in [-0.2, 0) is 17.8 Å². The molecule has 0 aliphatic heterocycles. The summed E-state index contributed by atoms with van der Waals surface area (Å²) in [5.74, 6) is -0.829. The zero-order chi connectivity index (χ0) is 47.0. The third-order valence-corrected chi connectivity index (χ3v) is 9.61. The Bertz CT molecular complexity index is 2460. The van der Waals surface area contributed by atoms with Crippen LogP contribution < -0.4 is 38.2 Å². The highest BCUT2D eigenvalue weighted by molar-refractivity contribution is 5.94. The minimum Gasteiger partial charge on any atom is -0.493 e. The summed E-state index contributed by atoms with van der Waals surface area (Å²) < 4.78 is 90.1. The molecule has 0 amide bonds. The van der Waals surface area contributed by atoms with Gasteiger partial charge in [-0.05, 0) is 90.0 Å². The summed E-state index contributed by atoms with van der Waals surface area (Å²) in [5.41, 5.74) is 3.41. The molecular formula is C47H46F4N4O11. The summed E-state index contributed by atoms with van der Waals surface area (Å²) in [6, 6.07) is 27.6. The monoisotopic (exact) mass is 918 g/mol. The molecule has 0 spiro atoms. The van der Waals surface area contributed by atoms with Gasteiger partial charge < -0.3 is 58.3 Å². The number of ether oxygens (including phenoxy) is 7. The summed E-state index contributed by atoms with van der Waals surface area (Å²) in [6.45, 7) is -8.08. The van der Waals surface area contributed by atoms with E-state index in [0.717, 1.165) is 29.1 Å². The number of aliphatic hydroxyl groups is 3. The number of nitrogens with zero attached hydrogens (tertiary/aromatic N) is 4. The molecule has 6 rings (SSSR count). The number of esters is 1. The van der Waals surface area contributed by atoms with Crippen LogP contribution in [-0.4, -0.2) is 97.3 Å². The van der Waals surface area contributed by atoms with Crippen molar-refractivity contribution in [3.05, 3.63) is 145 Å². The molecule has 3 N–H and O–H groups in total. The van der Waals surface area contributed by atoms with Gasteiger partial charge in [0, 0.05) is 72.8 Å². The van der Waals surface area contributed by atoms with Crippen LogP contribution in [0.1, 0.15) is 21.5 Å². The van der Waals surface area contributed by atoms with Crippen LogP contribution in [0.3, 0.4) is 0 Å². The first-order valence-corrected chi connectivity index (χ1v) is 20.2. The van der Waals surface area contributed by atoms with Gasteiger partial charge >= 0.3 is 19.2 Å². The second kappa shape index (κ2) is 23.5. The van der Waals surface area contributed by atoms with E-state index in [1.807, 2.05) is 47.4 Å². The molecule has 0 aliphatic carbocycles. The Hall–Kier alpha value is -7.35. The molecule has 0 fully saturated rings. The Kier molecular flexibility index (Phi) is 17.2. The lowest BCUT2D eigenvalue weighted by Gasteiger charge is -2.27. The van der Waals surface area contributed by atoms with Gasteiger partial charge in [0.2, 0.25) is 0 Å². The Morgan fingerprint density at radius 3 is 1.67 bits per heavy atom. The highest BCUT2D eigenvalue weighted by Crippen LogP contribution is 2.39. The third kappa shape index (κ3) is 13.3. The van der Waals surface area contributed by atoms with Gasteiger partial charge in [-0.3, -0.25) is 9.97 Å². The number of alkyl halides is 4. The number of methoxy groups -OCH3 is 2. The van der Waals surface area contributed by atoms with Crippen molar-refractivity contribution in [2.75, 3.05) is 50.4 Å². The number of halogens is 4. The average molecular weight is 919 g/mol. The maximum absolute atomic E-state index is 13.8. The summed E-state index contributed by atoms with van der Waals surface area (Å²) in [6.07, 6.45) is 3.93. The maximum atomic E-state index is 13.8. The Balaban J connectivity index is 1.19. The molecule has 19 heteroatoms. The van der Waals surface area contributed by atoms with Crippen molar-refractivity contribution in [3.63, 3.8) is 0 Å². The van der Waals surface area contributed by atoms with Crippen molar-refractivity contribution in [2.45, 2.75) is 38.5 Å². The number of pyridine rings is 2. The van der Waals surface area contributed by atoms with Crippen molar-refractivity contribution < 1.29 is 70.8 Å². The van der Waals surface area contributed by atoms with Gasteiger partial charge in [-0.15, -0.1) is 0 Å². The predicted octanol–water partition coefficient (Wildman–Crippen LogP) is 7.70. The largest absolute Gasteiger partial charge is 0.493 e. The van der Waals surface area contributed by atoms with Gasteiger partial charge in [0.1, 0.15) is 49.1 Å². The normalized spacial score (nSPS) is 12.0. The Morgan fingerprint density at radius 1 is 0.591 bits per heavy atom. The van der Waals surface area contributed by atoms with Gasteiger partial charge in [0.15, 0.2) is 23.0 Å². The molecule has 0 bridgehead atoms. The topological polar surface area (TPSA) is 175 Å². The van der Waals surface area contributed by atoms with Crippen LogP contribution >= 0.6 is 0 Å². The molecule has 0 saturated heterocycles. The summed E-state index contributed by atoms with van der Waals surface area (Å²) in [4.78, 5) is 25.7. The second-order valence-corrected chi connectivity index (χ2v) is 14.2. The van der Waals surface area contributed by atoms with E-state index in [-0.39, 0.29) is 35.8 Å². The molecule has 348 valence electrons. The Morgan fingerprint density at radius 2 is 1.11 bits per heavy atom. The molecular weight excluding hydrogens is 873 g/mol. The number of aliphatic hydroxyl groups excluding tert-OH is 3. The fourth-order valence-electron chi connectivity index (χ4n) is 6.47. The van der Waals surface area contributed by atoms with Crippen LogP contribution in [0, 0.1) is 0 Å². The number of carbonyl (C=O) groups is 1. The van der Waals surface area contributed by atoms with Crippen molar-refractivity contribution in [2.24, 2.45) is 0 Å².